The maximum Gasteiger partial charge on any atom is 0.0960 e. The molecule has 1 heterocycles. The van der Waals surface area contributed by atoms with Gasteiger partial charge in [-0.25, -0.2) is 0 Å². The van der Waals surface area contributed by atoms with Gasteiger partial charge < -0.3 is 9.52 Å². The Bertz CT molecular complexity index is 214. The van der Waals surface area contributed by atoms with Crippen molar-refractivity contribution in [2.24, 2.45) is 0 Å². The van der Waals surface area contributed by atoms with Crippen LogP contribution in [0.3, 0.4) is 0 Å². The van der Waals surface area contributed by atoms with Crippen LogP contribution in [0, 0.1) is 0 Å². The van der Waals surface area contributed by atoms with Crippen LogP contribution in [0.1, 0.15) is 30.9 Å². The van der Waals surface area contributed by atoms with Gasteiger partial charge in [0.05, 0.1) is 18.6 Å². The Hall–Kier alpha value is -1.02. The Morgan fingerprint density at radius 2 is 2.50 bits per heavy atom. The molecule has 0 spiro atoms. The van der Waals surface area contributed by atoms with Gasteiger partial charge in [-0.15, -0.1) is 6.58 Å². The second-order valence-electron chi connectivity index (χ2n) is 2.79. The fourth-order valence-electron chi connectivity index (χ4n) is 1.09. The first-order valence-corrected chi connectivity index (χ1v) is 4.15. The first kappa shape index (κ1) is 9.07. The van der Waals surface area contributed by atoms with Crippen molar-refractivity contribution in [2.75, 3.05) is 0 Å². The summed E-state index contributed by atoms with van der Waals surface area (Å²) in [6, 6.07) is 1.79. The molecule has 1 aromatic rings. The average molecular weight is 166 g/mol. The highest BCUT2D eigenvalue weighted by atomic mass is 16.3. The molecule has 2 nitrogen and oxygen atoms in total. The molecule has 0 fully saturated rings. The lowest BCUT2D eigenvalue weighted by atomic mass is 10.1. The van der Waals surface area contributed by atoms with Crippen molar-refractivity contribution >= 4 is 0 Å². The van der Waals surface area contributed by atoms with Crippen LogP contribution in [0.15, 0.2) is 35.7 Å². The van der Waals surface area contributed by atoms with Crippen LogP contribution in [0.25, 0.3) is 0 Å². The Kier molecular flexibility index (Phi) is 3.61. The molecule has 0 saturated heterocycles. The summed E-state index contributed by atoms with van der Waals surface area (Å²) in [6.07, 6.45) is 7.33. The maximum absolute atomic E-state index is 9.54. The summed E-state index contributed by atoms with van der Waals surface area (Å²) >= 11 is 0. The van der Waals surface area contributed by atoms with Gasteiger partial charge >= 0.3 is 0 Å². The van der Waals surface area contributed by atoms with Gasteiger partial charge in [0.15, 0.2) is 0 Å². The van der Waals surface area contributed by atoms with Gasteiger partial charge in [0.2, 0.25) is 0 Å². The molecule has 0 unspecified atom stereocenters. The van der Waals surface area contributed by atoms with Crippen molar-refractivity contribution in [3.8, 4) is 0 Å². The van der Waals surface area contributed by atoms with E-state index >= 15 is 0 Å². The standard InChI is InChI=1S/C10H14O2/c1-2-3-4-5-10(11)9-6-7-12-8-9/h2,6-8,10-11H,1,3-5H2/t10-/m1/s1. The second kappa shape index (κ2) is 4.78. The first-order valence-electron chi connectivity index (χ1n) is 4.15. The Morgan fingerprint density at radius 1 is 1.67 bits per heavy atom. The number of rotatable bonds is 5. The number of aliphatic hydroxyl groups is 1. The molecule has 1 atom stereocenters. The molecular weight excluding hydrogens is 152 g/mol. The largest absolute Gasteiger partial charge is 0.472 e. The third kappa shape index (κ3) is 2.55. The van der Waals surface area contributed by atoms with E-state index in [1.54, 1.807) is 18.6 Å². The van der Waals surface area contributed by atoms with Crippen LogP contribution in [0.2, 0.25) is 0 Å². The molecule has 0 aliphatic heterocycles. The molecule has 1 aromatic heterocycles. The smallest absolute Gasteiger partial charge is 0.0960 e. The normalized spacial score (nSPS) is 12.8. The van der Waals surface area contributed by atoms with Gasteiger partial charge in [0.25, 0.3) is 0 Å². The Labute approximate surface area is 72.5 Å². The highest BCUT2D eigenvalue weighted by Crippen LogP contribution is 2.18. The SMILES string of the molecule is C=CCCC[C@@H](O)c1ccoc1. The van der Waals surface area contributed by atoms with Crippen LogP contribution < -0.4 is 0 Å². The lowest BCUT2D eigenvalue weighted by Crippen LogP contribution is -1.94. The topological polar surface area (TPSA) is 33.4 Å². The molecular formula is C10H14O2. The summed E-state index contributed by atoms with van der Waals surface area (Å²) in [7, 11) is 0. The molecule has 12 heavy (non-hydrogen) atoms. The van der Waals surface area contributed by atoms with E-state index in [0.29, 0.717) is 0 Å². The molecule has 0 aliphatic carbocycles. The van der Waals surface area contributed by atoms with E-state index in [1.165, 1.54) is 0 Å². The van der Waals surface area contributed by atoms with Gasteiger partial charge in [-0.2, -0.15) is 0 Å². The zero-order valence-electron chi connectivity index (χ0n) is 7.07. The molecule has 0 saturated carbocycles. The molecule has 0 bridgehead atoms. The van der Waals surface area contributed by atoms with Crippen LogP contribution in [0.5, 0.6) is 0 Å². The highest BCUT2D eigenvalue weighted by molar-refractivity contribution is 5.08. The quantitative estimate of drug-likeness (QED) is 0.539. The first-order chi connectivity index (χ1) is 5.84. The van der Waals surface area contributed by atoms with Crippen LogP contribution in [0.4, 0.5) is 0 Å². The number of furan rings is 1. The van der Waals surface area contributed by atoms with Gasteiger partial charge in [0.1, 0.15) is 0 Å². The van der Waals surface area contributed by atoms with Crippen molar-refractivity contribution in [1.82, 2.24) is 0 Å². The number of aliphatic hydroxyl groups excluding tert-OH is 1. The summed E-state index contributed by atoms with van der Waals surface area (Å²) < 4.78 is 4.86. The molecule has 0 aliphatic rings. The molecule has 0 amide bonds. The minimum atomic E-state index is -0.385. The molecule has 0 radical (unpaired) electrons. The van der Waals surface area contributed by atoms with Crippen LogP contribution >= 0.6 is 0 Å². The zero-order chi connectivity index (χ0) is 8.81. The van der Waals surface area contributed by atoms with Crippen molar-refractivity contribution < 1.29 is 9.52 Å². The van der Waals surface area contributed by atoms with Crippen molar-refractivity contribution in [3.05, 3.63) is 36.8 Å². The fourth-order valence-corrected chi connectivity index (χ4v) is 1.09. The van der Waals surface area contributed by atoms with Crippen molar-refractivity contribution in [2.45, 2.75) is 25.4 Å². The average Bonchev–Trinajstić information content (AvgIpc) is 2.56. The fraction of sp³-hybridized carbons (Fsp3) is 0.400. The minimum absolute atomic E-state index is 0.385. The van der Waals surface area contributed by atoms with Crippen LogP contribution in [-0.2, 0) is 0 Å². The molecule has 66 valence electrons. The predicted octanol–water partition coefficient (Wildman–Crippen LogP) is 2.67. The van der Waals surface area contributed by atoms with E-state index in [0.717, 1.165) is 24.8 Å². The van der Waals surface area contributed by atoms with E-state index in [1.807, 2.05) is 6.08 Å². The number of hydrogen-bond acceptors (Lipinski definition) is 2. The van der Waals surface area contributed by atoms with Gasteiger partial charge in [-0.05, 0) is 25.3 Å². The van der Waals surface area contributed by atoms with E-state index in [9.17, 15) is 5.11 Å². The van der Waals surface area contributed by atoms with E-state index in [-0.39, 0.29) is 6.10 Å². The third-order valence-electron chi connectivity index (χ3n) is 1.81. The highest BCUT2D eigenvalue weighted by Gasteiger charge is 2.06. The predicted molar refractivity (Wildman–Crippen MR) is 47.7 cm³/mol. The summed E-state index contributed by atoms with van der Waals surface area (Å²) in [6.45, 7) is 3.62. The number of hydrogen-bond donors (Lipinski definition) is 1. The molecule has 1 N–H and O–H groups in total. The second-order valence-corrected chi connectivity index (χ2v) is 2.79. The number of allylic oxidation sites excluding steroid dienone is 1. The maximum atomic E-state index is 9.54. The lowest BCUT2D eigenvalue weighted by Gasteiger charge is -2.05. The summed E-state index contributed by atoms with van der Waals surface area (Å²) in [4.78, 5) is 0. The number of unbranched alkanes of at least 4 members (excludes halogenated alkanes) is 1. The summed E-state index contributed by atoms with van der Waals surface area (Å²) in [5.74, 6) is 0. The minimum Gasteiger partial charge on any atom is -0.472 e. The zero-order valence-corrected chi connectivity index (χ0v) is 7.07. The molecule has 1 rings (SSSR count). The van der Waals surface area contributed by atoms with Gasteiger partial charge in [-0.1, -0.05) is 6.08 Å². The summed E-state index contributed by atoms with van der Waals surface area (Å²) in [5.41, 5.74) is 0.860. The van der Waals surface area contributed by atoms with E-state index in [2.05, 4.69) is 6.58 Å². The summed E-state index contributed by atoms with van der Waals surface area (Å²) in [5, 5.41) is 9.54. The Morgan fingerprint density at radius 3 is 3.08 bits per heavy atom. The van der Waals surface area contributed by atoms with Crippen molar-refractivity contribution in [1.29, 1.82) is 0 Å². The van der Waals surface area contributed by atoms with Crippen molar-refractivity contribution in [3.63, 3.8) is 0 Å². The van der Waals surface area contributed by atoms with E-state index in [4.69, 9.17) is 4.42 Å². The Balaban J connectivity index is 2.29. The lowest BCUT2D eigenvalue weighted by molar-refractivity contribution is 0.164. The molecule has 2 heteroatoms. The monoisotopic (exact) mass is 166 g/mol. The third-order valence-corrected chi connectivity index (χ3v) is 1.81. The van der Waals surface area contributed by atoms with Gasteiger partial charge in [-0.3, -0.25) is 0 Å². The van der Waals surface area contributed by atoms with E-state index < -0.39 is 0 Å². The molecule has 0 aromatic carbocycles. The van der Waals surface area contributed by atoms with Gasteiger partial charge in [0, 0.05) is 5.56 Å². The van der Waals surface area contributed by atoms with Crippen LogP contribution in [-0.4, -0.2) is 5.11 Å².